The number of thioether (sulfide) groups is 1. The molecule has 2 aromatic rings. The van der Waals surface area contributed by atoms with Gasteiger partial charge < -0.3 is 4.90 Å². The highest BCUT2D eigenvalue weighted by Crippen LogP contribution is 2.25. The molecule has 0 spiro atoms. The Bertz CT molecular complexity index is 887. The van der Waals surface area contributed by atoms with Crippen LogP contribution in [-0.2, 0) is 20.4 Å². The van der Waals surface area contributed by atoms with Crippen molar-refractivity contribution in [1.29, 1.82) is 0 Å². The van der Waals surface area contributed by atoms with Gasteiger partial charge in [0.1, 0.15) is 5.01 Å². The molecule has 2 aliphatic rings. The van der Waals surface area contributed by atoms with Gasteiger partial charge >= 0.3 is 0 Å². The second kappa shape index (κ2) is 8.06. The molecule has 0 bridgehead atoms. The number of sulfone groups is 1. The van der Waals surface area contributed by atoms with Gasteiger partial charge in [0, 0.05) is 38.0 Å². The van der Waals surface area contributed by atoms with Gasteiger partial charge in [0.2, 0.25) is 5.91 Å². The van der Waals surface area contributed by atoms with Gasteiger partial charge in [-0.15, -0.1) is 23.1 Å². The highest BCUT2D eigenvalue weighted by molar-refractivity contribution is 7.99. The number of piperazine rings is 1. The number of fused-ring (bicyclic) bond motifs is 1. The molecule has 1 aromatic carbocycles. The minimum atomic E-state index is -2.85. The number of thiazole rings is 1. The first-order valence-corrected chi connectivity index (χ1v) is 12.9. The number of para-hydroxylation sites is 1. The Morgan fingerprint density at radius 1 is 1.22 bits per heavy atom. The summed E-state index contributed by atoms with van der Waals surface area (Å²) in [5, 5.41) is 1.06. The normalized spacial score (nSPS) is 23.1. The summed E-state index contributed by atoms with van der Waals surface area (Å²) in [5.41, 5.74) is 1.02. The van der Waals surface area contributed by atoms with Crippen molar-refractivity contribution in [2.75, 3.05) is 43.4 Å². The Kier molecular flexibility index (Phi) is 5.73. The van der Waals surface area contributed by atoms with Gasteiger partial charge in [-0.1, -0.05) is 12.1 Å². The van der Waals surface area contributed by atoms with Gasteiger partial charge in [0.05, 0.1) is 27.5 Å². The molecule has 4 rings (SSSR count). The molecular weight excluding hydrogens is 402 g/mol. The summed E-state index contributed by atoms with van der Waals surface area (Å²) in [4.78, 5) is 21.2. The van der Waals surface area contributed by atoms with Gasteiger partial charge in [-0.25, -0.2) is 13.4 Å². The van der Waals surface area contributed by atoms with Gasteiger partial charge in [-0.3, -0.25) is 9.69 Å². The molecule has 3 heterocycles. The largest absolute Gasteiger partial charge is 0.339 e. The van der Waals surface area contributed by atoms with Crippen molar-refractivity contribution < 1.29 is 13.2 Å². The Morgan fingerprint density at radius 3 is 2.70 bits per heavy atom. The summed E-state index contributed by atoms with van der Waals surface area (Å²) < 4.78 is 24.5. The molecule has 1 aromatic heterocycles. The lowest BCUT2D eigenvalue weighted by molar-refractivity contribution is -0.130. The van der Waals surface area contributed by atoms with Crippen LogP contribution in [0.2, 0.25) is 0 Å². The van der Waals surface area contributed by atoms with Crippen LogP contribution in [0.3, 0.4) is 0 Å². The molecule has 1 amide bonds. The molecule has 2 saturated heterocycles. The van der Waals surface area contributed by atoms with Crippen LogP contribution in [0.15, 0.2) is 24.3 Å². The molecule has 146 valence electrons. The van der Waals surface area contributed by atoms with Crippen LogP contribution >= 0.6 is 23.1 Å². The first-order valence-electron chi connectivity index (χ1n) is 9.15. The van der Waals surface area contributed by atoms with E-state index in [1.807, 2.05) is 23.1 Å². The maximum atomic E-state index is 12.5. The fourth-order valence-corrected chi connectivity index (χ4v) is 7.41. The number of hydrogen-bond donors (Lipinski definition) is 0. The van der Waals surface area contributed by atoms with Crippen LogP contribution in [0.5, 0.6) is 0 Å². The highest BCUT2D eigenvalue weighted by atomic mass is 32.2. The molecule has 0 saturated carbocycles. The van der Waals surface area contributed by atoms with E-state index < -0.39 is 9.84 Å². The lowest BCUT2D eigenvalue weighted by atomic mass is 10.2. The fourth-order valence-electron chi connectivity index (χ4n) is 3.70. The number of carbonyl (C=O) groups is 1. The van der Waals surface area contributed by atoms with E-state index in [0.29, 0.717) is 24.6 Å². The molecule has 6 nitrogen and oxygen atoms in total. The van der Waals surface area contributed by atoms with E-state index in [-0.39, 0.29) is 17.7 Å². The van der Waals surface area contributed by atoms with E-state index in [1.165, 1.54) is 4.70 Å². The third-order valence-corrected chi connectivity index (χ3v) is 9.08. The van der Waals surface area contributed by atoms with Crippen molar-refractivity contribution in [2.24, 2.45) is 0 Å². The Morgan fingerprint density at radius 2 is 2.00 bits per heavy atom. The van der Waals surface area contributed by atoms with Crippen molar-refractivity contribution in [3.05, 3.63) is 29.3 Å². The zero-order valence-electron chi connectivity index (χ0n) is 15.0. The molecule has 27 heavy (non-hydrogen) atoms. The van der Waals surface area contributed by atoms with Crippen molar-refractivity contribution >= 4 is 49.1 Å². The SMILES string of the molecule is O=C(CSCc1nc2ccccc2s1)N1CCN(C2CCS(=O)(=O)C2)CC1. The van der Waals surface area contributed by atoms with Crippen molar-refractivity contribution in [2.45, 2.75) is 18.2 Å². The summed E-state index contributed by atoms with van der Waals surface area (Å²) in [5.74, 6) is 1.97. The van der Waals surface area contributed by atoms with Crippen LogP contribution in [0.25, 0.3) is 10.2 Å². The van der Waals surface area contributed by atoms with Gasteiger partial charge in [-0.2, -0.15) is 0 Å². The summed E-state index contributed by atoms with van der Waals surface area (Å²) in [6.07, 6.45) is 0.730. The van der Waals surface area contributed by atoms with Crippen molar-refractivity contribution in [3.63, 3.8) is 0 Å². The molecule has 2 fully saturated rings. The quantitative estimate of drug-likeness (QED) is 0.728. The zero-order chi connectivity index (χ0) is 18.9. The third kappa shape index (κ3) is 4.64. The van der Waals surface area contributed by atoms with Crippen LogP contribution in [0.1, 0.15) is 11.4 Å². The molecule has 0 aliphatic carbocycles. The fraction of sp³-hybridized carbons (Fsp3) is 0.556. The number of benzene rings is 1. The summed E-state index contributed by atoms with van der Waals surface area (Å²) in [7, 11) is -2.85. The zero-order valence-corrected chi connectivity index (χ0v) is 17.5. The Hall–Kier alpha value is -1.16. The van der Waals surface area contributed by atoms with E-state index >= 15 is 0 Å². The van der Waals surface area contributed by atoms with Crippen molar-refractivity contribution in [1.82, 2.24) is 14.8 Å². The van der Waals surface area contributed by atoms with Crippen LogP contribution in [0.4, 0.5) is 0 Å². The summed E-state index contributed by atoms with van der Waals surface area (Å²) in [6, 6.07) is 8.23. The van der Waals surface area contributed by atoms with E-state index in [9.17, 15) is 13.2 Å². The number of hydrogen-bond acceptors (Lipinski definition) is 7. The number of carbonyl (C=O) groups excluding carboxylic acids is 1. The molecule has 0 N–H and O–H groups in total. The van der Waals surface area contributed by atoms with E-state index in [4.69, 9.17) is 0 Å². The minimum absolute atomic E-state index is 0.140. The molecule has 9 heteroatoms. The predicted molar refractivity (Wildman–Crippen MR) is 111 cm³/mol. The van der Waals surface area contributed by atoms with Crippen LogP contribution in [-0.4, -0.2) is 78.6 Å². The van der Waals surface area contributed by atoms with E-state index in [0.717, 1.165) is 35.8 Å². The van der Waals surface area contributed by atoms with Gasteiger partial charge in [0.15, 0.2) is 9.84 Å². The molecular formula is C18H23N3O3S3. The lowest BCUT2D eigenvalue weighted by Crippen LogP contribution is -2.52. The van der Waals surface area contributed by atoms with E-state index in [1.54, 1.807) is 23.1 Å². The standard InChI is InChI=1S/C18H23N3O3S3/c22-18(12-25-11-17-19-15-3-1-2-4-16(15)26-17)21-8-6-20(7-9-21)14-5-10-27(23,24)13-14/h1-4,14H,5-13H2. The highest BCUT2D eigenvalue weighted by Gasteiger charge is 2.34. The minimum Gasteiger partial charge on any atom is -0.339 e. The van der Waals surface area contributed by atoms with E-state index in [2.05, 4.69) is 16.0 Å². The van der Waals surface area contributed by atoms with Gasteiger partial charge in [0.25, 0.3) is 0 Å². The first kappa shape index (κ1) is 19.2. The second-order valence-corrected chi connectivity index (χ2v) is 11.4. The van der Waals surface area contributed by atoms with Crippen LogP contribution in [0, 0.1) is 0 Å². The monoisotopic (exact) mass is 425 g/mol. The molecule has 0 radical (unpaired) electrons. The number of rotatable bonds is 5. The third-order valence-electron chi connectivity index (χ3n) is 5.18. The Balaban J connectivity index is 1.21. The molecule has 2 aliphatic heterocycles. The van der Waals surface area contributed by atoms with Gasteiger partial charge in [-0.05, 0) is 18.6 Å². The number of amides is 1. The average molecular weight is 426 g/mol. The summed E-state index contributed by atoms with van der Waals surface area (Å²) >= 11 is 3.30. The lowest BCUT2D eigenvalue weighted by Gasteiger charge is -2.37. The number of aromatic nitrogens is 1. The molecule has 1 unspecified atom stereocenters. The maximum Gasteiger partial charge on any atom is 0.232 e. The topological polar surface area (TPSA) is 70.6 Å². The first-order chi connectivity index (χ1) is 13.0. The smallest absolute Gasteiger partial charge is 0.232 e. The average Bonchev–Trinajstić information content (AvgIpc) is 3.24. The molecule has 1 atom stereocenters. The van der Waals surface area contributed by atoms with Crippen molar-refractivity contribution in [3.8, 4) is 0 Å². The van der Waals surface area contributed by atoms with Crippen LogP contribution < -0.4 is 0 Å². The Labute approximate surface area is 167 Å². The predicted octanol–water partition coefficient (Wildman–Crippen LogP) is 1.86. The second-order valence-electron chi connectivity index (χ2n) is 7.04. The maximum absolute atomic E-state index is 12.5. The number of nitrogens with zero attached hydrogens (tertiary/aromatic N) is 3. The summed E-state index contributed by atoms with van der Waals surface area (Å²) in [6.45, 7) is 2.93.